The highest BCUT2D eigenvalue weighted by Crippen LogP contribution is 2.35. The molecule has 1 heterocycles. The van der Waals surface area contributed by atoms with E-state index in [1.165, 1.54) is 0 Å². The van der Waals surface area contributed by atoms with Gasteiger partial charge in [0.2, 0.25) is 0 Å². The highest BCUT2D eigenvalue weighted by molar-refractivity contribution is 6.31. The SMILES string of the molecule is Bc1nccnc1[C@@H](N)/C(CCC=C)=C1/CC=CC(F)=C1F. The van der Waals surface area contributed by atoms with Crippen molar-refractivity contribution in [3.63, 3.8) is 0 Å². The molecule has 0 amide bonds. The van der Waals surface area contributed by atoms with Gasteiger partial charge in [-0.2, -0.15) is 0 Å². The summed E-state index contributed by atoms with van der Waals surface area (Å²) in [5.74, 6) is -1.70. The standard InChI is InChI=1S/C16H18BF2N3/c1-2-3-5-11(10-6-4-7-12(18)13(10)19)14(20)15-16(17)22-9-8-21-15/h2,4,7-9,14H,1,3,5-6,17,20H2/b11-10-/t14-/m0/s1. The summed E-state index contributed by atoms with van der Waals surface area (Å²) in [6, 6.07) is -0.617. The van der Waals surface area contributed by atoms with Crippen LogP contribution in [0.2, 0.25) is 0 Å². The van der Waals surface area contributed by atoms with Crippen molar-refractivity contribution in [3.05, 3.63) is 65.7 Å². The summed E-state index contributed by atoms with van der Waals surface area (Å²) in [6.45, 7) is 3.68. The third-order valence-electron chi connectivity index (χ3n) is 3.66. The summed E-state index contributed by atoms with van der Waals surface area (Å²) in [4.78, 5) is 8.41. The fourth-order valence-electron chi connectivity index (χ4n) is 2.50. The summed E-state index contributed by atoms with van der Waals surface area (Å²) in [5.41, 5.74) is 8.50. The van der Waals surface area contributed by atoms with Crippen molar-refractivity contribution < 1.29 is 8.78 Å². The monoisotopic (exact) mass is 301 g/mol. The van der Waals surface area contributed by atoms with Gasteiger partial charge in [0.15, 0.2) is 19.5 Å². The molecule has 1 aromatic heterocycles. The first-order chi connectivity index (χ1) is 10.6. The molecule has 1 aromatic rings. The Morgan fingerprint density at radius 2 is 2.14 bits per heavy atom. The van der Waals surface area contributed by atoms with Crippen LogP contribution in [0.4, 0.5) is 8.78 Å². The Hall–Kier alpha value is -2.08. The van der Waals surface area contributed by atoms with Crippen LogP contribution in [0.3, 0.4) is 0 Å². The lowest BCUT2D eigenvalue weighted by molar-refractivity contribution is 0.548. The highest BCUT2D eigenvalue weighted by Gasteiger charge is 2.24. The molecule has 0 aliphatic heterocycles. The van der Waals surface area contributed by atoms with Crippen molar-refractivity contribution in [2.24, 2.45) is 5.73 Å². The van der Waals surface area contributed by atoms with Crippen molar-refractivity contribution >= 4 is 13.4 Å². The zero-order valence-electron chi connectivity index (χ0n) is 12.5. The van der Waals surface area contributed by atoms with Gasteiger partial charge in [-0.3, -0.25) is 9.97 Å². The molecule has 0 aromatic carbocycles. The normalized spacial score (nSPS) is 18.3. The Bertz CT molecular complexity index is 665. The summed E-state index contributed by atoms with van der Waals surface area (Å²) < 4.78 is 27.7. The summed E-state index contributed by atoms with van der Waals surface area (Å²) in [6.07, 6.45) is 9.04. The van der Waals surface area contributed by atoms with Gasteiger partial charge >= 0.3 is 0 Å². The van der Waals surface area contributed by atoms with Crippen molar-refractivity contribution in [2.45, 2.75) is 25.3 Å². The van der Waals surface area contributed by atoms with E-state index >= 15 is 0 Å². The molecule has 2 N–H and O–H groups in total. The fraction of sp³-hybridized carbons (Fsp3) is 0.250. The van der Waals surface area contributed by atoms with Gasteiger partial charge in [0, 0.05) is 18.0 Å². The van der Waals surface area contributed by atoms with Crippen LogP contribution in [-0.2, 0) is 0 Å². The van der Waals surface area contributed by atoms with Crippen LogP contribution in [0.25, 0.3) is 0 Å². The molecule has 0 saturated carbocycles. The van der Waals surface area contributed by atoms with E-state index in [4.69, 9.17) is 5.73 Å². The van der Waals surface area contributed by atoms with Gasteiger partial charge in [-0.15, -0.1) is 6.58 Å². The van der Waals surface area contributed by atoms with Gasteiger partial charge < -0.3 is 5.73 Å². The van der Waals surface area contributed by atoms with E-state index in [9.17, 15) is 8.78 Å². The Kier molecular flexibility index (Phi) is 5.38. The largest absolute Gasteiger partial charge is 0.319 e. The average Bonchev–Trinajstić information content (AvgIpc) is 2.51. The van der Waals surface area contributed by atoms with Gasteiger partial charge in [-0.25, -0.2) is 8.78 Å². The van der Waals surface area contributed by atoms with E-state index in [-0.39, 0.29) is 0 Å². The number of allylic oxidation sites excluding steroid dienone is 6. The first-order valence-corrected chi connectivity index (χ1v) is 7.14. The second-order valence-electron chi connectivity index (χ2n) is 5.10. The zero-order valence-corrected chi connectivity index (χ0v) is 12.5. The van der Waals surface area contributed by atoms with E-state index in [0.717, 1.165) is 6.08 Å². The maximum absolute atomic E-state index is 14.2. The van der Waals surface area contributed by atoms with Crippen molar-refractivity contribution in [2.75, 3.05) is 0 Å². The molecule has 6 heteroatoms. The summed E-state index contributed by atoms with van der Waals surface area (Å²) >= 11 is 0. The third-order valence-corrected chi connectivity index (χ3v) is 3.66. The van der Waals surface area contributed by atoms with Crippen LogP contribution in [-0.4, -0.2) is 17.8 Å². The number of rotatable bonds is 5. The Morgan fingerprint density at radius 1 is 1.41 bits per heavy atom. The predicted molar refractivity (Wildman–Crippen MR) is 86.6 cm³/mol. The second kappa shape index (κ2) is 7.27. The van der Waals surface area contributed by atoms with Gasteiger partial charge in [0.1, 0.15) is 0 Å². The van der Waals surface area contributed by atoms with Crippen molar-refractivity contribution in [1.29, 1.82) is 0 Å². The quantitative estimate of drug-likeness (QED) is 0.669. The molecule has 2 rings (SSSR count). The molecule has 3 nitrogen and oxygen atoms in total. The molecule has 0 radical (unpaired) electrons. The van der Waals surface area contributed by atoms with Crippen LogP contribution >= 0.6 is 0 Å². The van der Waals surface area contributed by atoms with E-state index in [0.29, 0.717) is 41.7 Å². The smallest absolute Gasteiger partial charge is 0.166 e. The molecule has 1 aliphatic rings. The topological polar surface area (TPSA) is 51.8 Å². The maximum atomic E-state index is 14.2. The van der Waals surface area contributed by atoms with Crippen molar-refractivity contribution in [1.82, 2.24) is 9.97 Å². The number of aromatic nitrogens is 2. The average molecular weight is 301 g/mol. The lowest BCUT2D eigenvalue weighted by Crippen LogP contribution is -2.27. The van der Waals surface area contributed by atoms with Crippen molar-refractivity contribution in [3.8, 4) is 0 Å². The third kappa shape index (κ3) is 3.39. The first kappa shape index (κ1) is 16.3. The maximum Gasteiger partial charge on any atom is 0.166 e. The molecule has 1 atom stereocenters. The minimum absolute atomic E-state index is 0.305. The Labute approximate surface area is 129 Å². The van der Waals surface area contributed by atoms with Gasteiger partial charge in [0.25, 0.3) is 0 Å². The van der Waals surface area contributed by atoms with Crippen LogP contribution in [0, 0.1) is 0 Å². The first-order valence-electron chi connectivity index (χ1n) is 7.14. The Balaban J connectivity index is 2.49. The summed E-state index contributed by atoms with van der Waals surface area (Å²) in [5, 5.41) is 0. The zero-order chi connectivity index (χ0) is 16.1. The number of hydrogen-bond acceptors (Lipinski definition) is 3. The molecule has 1 aliphatic carbocycles. The lowest BCUT2D eigenvalue weighted by atomic mass is 9.87. The minimum Gasteiger partial charge on any atom is -0.319 e. The molecular weight excluding hydrogens is 283 g/mol. The minimum atomic E-state index is -0.861. The van der Waals surface area contributed by atoms with E-state index in [1.54, 1.807) is 32.4 Å². The molecule has 0 saturated heterocycles. The molecular formula is C16H18BF2N3. The number of hydrogen-bond donors (Lipinski definition) is 1. The van der Waals surface area contributed by atoms with Crippen LogP contribution in [0.15, 0.2) is 60.0 Å². The predicted octanol–water partition coefficient (Wildman–Crippen LogP) is 2.11. The molecule has 0 fully saturated rings. The summed E-state index contributed by atoms with van der Waals surface area (Å²) in [7, 11) is 1.80. The fourth-order valence-corrected chi connectivity index (χ4v) is 2.50. The molecule has 0 spiro atoms. The molecule has 22 heavy (non-hydrogen) atoms. The van der Waals surface area contributed by atoms with E-state index in [1.807, 2.05) is 0 Å². The molecule has 114 valence electrons. The van der Waals surface area contributed by atoms with E-state index < -0.39 is 17.7 Å². The molecule has 0 bridgehead atoms. The van der Waals surface area contributed by atoms with Crippen LogP contribution in [0.1, 0.15) is 31.0 Å². The Morgan fingerprint density at radius 3 is 2.82 bits per heavy atom. The van der Waals surface area contributed by atoms with Gasteiger partial charge in [-0.1, -0.05) is 12.2 Å². The van der Waals surface area contributed by atoms with E-state index in [2.05, 4.69) is 16.5 Å². The van der Waals surface area contributed by atoms with Crippen LogP contribution in [0.5, 0.6) is 0 Å². The number of halogens is 2. The molecule has 0 unspecified atom stereocenters. The van der Waals surface area contributed by atoms with Gasteiger partial charge in [-0.05, 0) is 36.5 Å². The number of nitrogens with zero attached hydrogens (tertiary/aromatic N) is 2. The highest BCUT2D eigenvalue weighted by atomic mass is 19.2. The van der Waals surface area contributed by atoms with Gasteiger partial charge in [0.05, 0.1) is 11.7 Å². The lowest BCUT2D eigenvalue weighted by Gasteiger charge is -2.21. The number of nitrogens with two attached hydrogens (primary N) is 1. The van der Waals surface area contributed by atoms with Crippen LogP contribution < -0.4 is 11.3 Å². The second-order valence-corrected chi connectivity index (χ2v) is 5.10.